The smallest absolute Gasteiger partial charge is 0.290 e. The molecule has 0 saturated carbocycles. The first kappa shape index (κ1) is 23.0. The van der Waals surface area contributed by atoms with Gasteiger partial charge in [0.15, 0.2) is 8.68 Å². The second-order valence-electron chi connectivity index (χ2n) is 7.63. The summed E-state index contributed by atoms with van der Waals surface area (Å²) in [7, 11) is 0. The minimum atomic E-state index is -0.220. The van der Waals surface area contributed by atoms with Gasteiger partial charge in [-0.15, -0.1) is 22.7 Å². The summed E-state index contributed by atoms with van der Waals surface area (Å²) in [6, 6.07) is 26.9. The van der Waals surface area contributed by atoms with E-state index in [4.69, 9.17) is 0 Å². The molecule has 0 aliphatic heterocycles. The summed E-state index contributed by atoms with van der Waals surface area (Å²) in [5, 5.41) is 7.18. The number of thiazole rings is 2. The Morgan fingerprint density at radius 2 is 1.03 bits per heavy atom. The fourth-order valence-electron chi connectivity index (χ4n) is 3.75. The van der Waals surface area contributed by atoms with Gasteiger partial charge >= 0.3 is 0 Å². The third kappa shape index (κ3) is 4.80. The summed E-state index contributed by atoms with van der Waals surface area (Å²) < 4.78 is 3.46. The summed E-state index contributed by atoms with van der Waals surface area (Å²) in [5.41, 5.74) is 3.10. The third-order valence-electron chi connectivity index (χ3n) is 5.30. The van der Waals surface area contributed by atoms with Crippen molar-refractivity contribution in [1.29, 1.82) is 0 Å². The minimum absolute atomic E-state index is 0.220. The summed E-state index contributed by atoms with van der Waals surface area (Å²) in [6.07, 6.45) is 0. The van der Waals surface area contributed by atoms with Gasteiger partial charge in [-0.25, -0.2) is 9.97 Å². The summed E-state index contributed by atoms with van der Waals surface area (Å²) >= 11 is 5.11. The fourth-order valence-corrected chi connectivity index (χ4v) is 7.39. The number of carbonyl (C=O) groups excluding carboxylic acids is 2. The van der Waals surface area contributed by atoms with E-state index in [-0.39, 0.29) is 10.5 Å². The summed E-state index contributed by atoms with van der Waals surface area (Å²) in [4.78, 5) is 34.6. The maximum atomic E-state index is 12.8. The number of thioether (sulfide) groups is 2. The molecular weight excluding hydrogens is 529 g/mol. The van der Waals surface area contributed by atoms with Crippen molar-refractivity contribution in [2.24, 2.45) is 0 Å². The largest absolute Gasteiger partial charge is 0.316 e. The number of nitrogens with one attached hydrogen (secondary N) is 2. The van der Waals surface area contributed by atoms with Crippen molar-refractivity contribution in [2.75, 3.05) is 10.6 Å². The second kappa shape index (κ2) is 9.90. The first-order chi connectivity index (χ1) is 17.6. The average molecular weight is 545 g/mol. The molecule has 2 amide bonds. The highest BCUT2D eigenvalue weighted by molar-refractivity contribution is 8.15. The Balaban J connectivity index is 1.19. The van der Waals surface area contributed by atoms with E-state index in [9.17, 15) is 9.59 Å². The maximum absolute atomic E-state index is 12.8. The maximum Gasteiger partial charge on any atom is 0.290 e. The van der Waals surface area contributed by atoms with Crippen molar-refractivity contribution in [3.8, 4) is 0 Å². The molecular formula is C26H16N4O2S4. The van der Waals surface area contributed by atoms with Crippen molar-refractivity contribution in [3.63, 3.8) is 0 Å². The fraction of sp³-hybridized carbons (Fsp3) is 0. The number of nitrogens with zero attached hydrogens (tertiary/aromatic N) is 2. The number of anilines is 2. The van der Waals surface area contributed by atoms with Crippen molar-refractivity contribution >= 4 is 99.3 Å². The van der Waals surface area contributed by atoms with Crippen LogP contribution in [0.1, 0.15) is 0 Å². The number of benzene rings is 4. The van der Waals surface area contributed by atoms with E-state index in [1.54, 1.807) is 0 Å². The molecule has 0 unspecified atom stereocenters. The van der Waals surface area contributed by atoms with E-state index >= 15 is 0 Å². The molecule has 6 aromatic rings. The first-order valence-electron chi connectivity index (χ1n) is 10.8. The molecule has 4 aromatic carbocycles. The zero-order valence-electron chi connectivity index (χ0n) is 18.4. The molecule has 36 heavy (non-hydrogen) atoms. The Hall–Kier alpha value is -3.44. The Kier molecular flexibility index (Phi) is 6.32. The van der Waals surface area contributed by atoms with E-state index in [0.717, 1.165) is 54.7 Å². The molecule has 6 nitrogen and oxygen atoms in total. The molecule has 0 saturated heterocycles. The summed E-state index contributed by atoms with van der Waals surface area (Å²) in [6.45, 7) is 0. The zero-order chi connectivity index (χ0) is 24.5. The van der Waals surface area contributed by atoms with Crippen LogP contribution < -0.4 is 10.6 Å². The van der Waals surface area contributed by atoms with Crippen molar-refractivity contribution < 1.29 is 9.59 Å². The predicted molar refractivity (Wildman–Crippen MR) is 153 cm³/mol. The van der Waals surface area contributed by atoms with Gasteiger partial charge in [-0.3, -0.25) is 9.59 Å². The minimum Gasteiger partial charge on any atom is -0.316 e. The second-order valence-corrected chi connectivity index (χ2v) is 12.1. The van der Waals surface area contributed by atoms with E-state index in [0.29, 0.717) is 20.1 Å². The SMILES string of the molecule is O=C(Nc1cccc2c(NC(=O)Sc3nc4ccccc4s3)cccc12)Sc1nc2ccccc2s1. The van der Waals surface area contributed by atoms with Gasteiger partial charge in [-0.1, -0.05) is 48.5 Å². The van der Waals surface area contributed by atoms with Crippen LogP contribution in [0.3, 0.4) is 0 Å². The Morgan fingerprint density at radius 1 is 0.583 bits per heavy atom. The number of hydrogen-bond donors (Lipinski definition) is 2. The average Bonchev–Trinajstić information content (AvgIpc) is 3.47. The highest BCUT2D eigenvalue weighted by atomic mass is 32.2. The van der Waals surface area contributed by atoms with E-state index < -0.39 is 0 Å². The van der Waals surface area contributed by atoms with Crippen molar-refractivity contribution in [3.05, 3.63) is 84.9 Å². The van der Waals surface area contributed by atoms with Gasteiger partial charge in [0, 0.05) is 45.7 Å². The van der Waals surface area contributed by atoms with Crippen LogP contribution in [0.4, 0.5) is 21.0 Å². The standard InChI is InChI=1S/C26H16N4O2S4/c31-23(35-25-29-19-9-1-3-13-21(19)33-25)27-17-11-5-8-16-15(17)7-6-12-18(16)28-24(32)36-26-30-20-10-2-4-14-22(20)34-26/h1-14H,(H,27,31)(H,28,32). The Bertz CT molecular complexity index is 1570. The normalized spacial score (nSPS) is 11.2. The van der Waals surface area contributed by atoms with Gasteiger partial charge in [0.25, 0.3) is 10.5 Å². The Morgan fingerprint density at radius 3 is 1.47 bits per heavy atom. The van der Waals surface area contributed by atoms with Crippen LogP contribution in [0.5, 0.6) is 0 Å². The van der Waals surface area contributed by atoms with Gasteiger partial charge < -0.3 is 10.6 Å². The van der Waals surface area contributed by atoms with Gasteiger partial charge in [0.2, 0.25) is 0 Å². The van der Waals surface area contributed by atoms with Crippen LogP contribution in [0.25, 0.3) is 31.2 Å². The van der Waals surface area contributed by atoms with Gasteiger partial charge in [0.05, 0.1) is 20.4 Å². The van der Waals surface area contributed by atoms with Crippen LogP contribution in [0, 0.1) is 0 Å². The third-order valence-corrected chi connectivity index (χ3v) is 9.07. The van der Waals surface area contributed by atoms with Crippen molar-refractivity contribution in [1.82, 2.24) is 9.97 Å². The lowest BCUT2D eigenvalue weighted by molar-refractivity contribution is 0.269. The molecule has 2 N–H and O–H groups in total. The molecule has 0 aliphatic carbocycles. The number of hydrogen-bond acceptors (Lipinski definition) is 8. The van der Waals surface area contributed by atoms with Gasteiger partial charge in [0.1, 0.15) is 0 Å². The molecule has 0 atom stereocenters. The van der Waals surface area contributed by atoms with Crippen LogP contribution in [0.15, 0.2) is 93.6 Å². The lowest BCUT2D eigenvalue weighted by Gasteiger charge is -2.11. The quantitative estimate of drug-likeness (QED) is 0.216. The molecule has 10 heteroatoms. The first-order valence-corrected chi connectivity index (χ1v) is 14.1. The molecule has 0 aliphatic rings. The number of para-hydroxylation sites is 2. The van der Waals surface area contributed by atoms with Crippen LogP contribution in [0.2, 0.25) is 0 Å². The van der Waals surface area contributed by atoms with Crippen LogP contribution in [-0.4, -0.2) is 20.4 Å². The van der Waals surface area contributed by atoms with Crippen molar-refractivity contribution in [2.45, 2.75) is 8.68 Å². The monoisotopic (exact) mass is 544 g/mol. The highest BCUT2D eigenvalue weighted by Crippen LogP contribution is 2.35. The molecule has 0 spiro atoms. The molecule has 6 rings (SSSR count). The van der Waals surface area contributed by atoms with Crippen LogP contribution in [-0.2, 0) is 0 Å². The summed E-state index contributed by atoms with van der Waals surface area (Å²) in [5.74, 6) is 0. The van der Waals surface area contributed by atoms with Crippen LogP contribution >= 0.6 is 46.2 Å². The van der Waals surface area contributed by atoms with Gasteiger partial charge in [-0.2, -0.15) is 0 Å². The lowest BCUT2D eigenvalue weighted by Crippen LogP contribution is -2.07. The zero-order valence-corrected chi connectivity index (χ0v) is 21.7. The molecule has 0 bridgehead atoms. The highest BCUT2D eigenvalue weighted by Gasteiger charge is 2.15. The topological polar surface area (TPSA) is 84.0 Å². The van der Waals surface area contributed by atoms with E-state index in [1.165, 1.54) is 22.7 Å². The molecule has 0 fully saturated rings. The van der Waals surface area contributed by atoms with Gasteiger partial charge in [-0.05, 0) is 36.4 Å². The van der Waals surface area contributed by atoms with E-state index in [1.807, 2.05) is 84.9 Å². The number of carbonyl (C=O) groups is 2. The molecule has 0 radical (unpaired) electrons. The Labute approximate surface area is 222 Å². The van der Waals surface area contributed by atoms with E-state index in [2.05, 4.69) is 20.6 Å². The molecule has 2 aromatic heterocycles. The number of aromatic nitrogens is 2. The number of fused-ring (bicyclic) bond motifs is 3. The molecule has 176 valence electrons. The molecule has 2 heterocycles. The predicted octanol–water partition coefficient (Wildman–Crippen LogP) is 8.71. The number of amides is 2. The lowest BCUT2D eigenvalue weighted by atomic mass is 10.1. The number of rotatable bonds is 4.